The average molecular weight is 268 g/mol. The van der Waals surface area contributed by atoms with Crippen molar-refractivity contribution in [2.45, 2.75) is 33.6 Å². The lowest BCUT2D eigenvalue weighted by atomic mass is 9.75. The van der Waals surface area contributed by atoms with Gasteiger partial charge in [0.05, 0.1) is 0 Å². The maximum absolute atomic E-state index is 10.8. The molecular formula is C13H20N2O2S. The Balaban J connectivity index is 1.99. The van der Waals surface area contributed by atoms with Crippen molar-refractivity contribution in [1.82, 2.24) is 4.98 Å². The molecule has 2 rings (SSSR count). The summed E-state index contributed by atoms with van der Waals surface area (Å²) < 4.78 is 0. The zero-order valence-corrected chi connectivity index (χ0v) is 12.0. The quantitative estimate of drug-likeness (QED) is 0.895. The molecule has 18 heavy (non-hydrogen) atoms. The number of hydrogen-bond donors (Lipinski definition) is 1. The van der Waals surface area contributed by atoms with Crippen LogP contribution in [-0.4, -0.2) is 29.1 Å². The van der Waals surface area contributed by atoms with Crippen molar-refractivity contribution in [3.63, 3.8) is 0 Å². The Morgan fingerprint density at radius 3 is 2.50 bits per heavy atom. The molecule has 1 saturated heterocycles. The van der Waals surface area contributed by atoms with Crippen molar-refractivity contribution >= 4 is 22.4 Å². The van der Waals surface area contributed by atoms with Crippen molar-refractivity contribution in [2.24, 2.45) is 11.3 Å². The van der Waals surface area contributed by atoms with Crippen LogP contribution in [0.3, 0.4) is 0 Å². The molecule has 0 radical (unpaired) electrons. The van der Waals surface area contributed by atoms with E-state index in [0.29, 0.717) is 5.41 Å². The van der Waals surface area contributed by atoms with Crippen LogP contribution in [0.2, 0.25) is 0 Å². The van der Waals surface area contributed by atoms with E-state index in [1.165, 1.54) is 11.3 Å². The van der Waals surface area contributed by atoms with E-state index >= 15 is 0 Å². The van der Waals surface area contributed by atoms with Gasteiger partial charge in [-0.05, 0) is 24.2 Å². The number of aromatic carboxylic acids is 1. The summed E-state index contributed by atoms with van der Waals surface area (Å²) in [4.78, 5) is 17.2. The highest BCUT2D eigenvalue weighted by atomic mass is 32.1. The highest BCUT2D eigenvalue weighted by molar-refractivity contribution is 7.13. The molecule has 0 aromatic carbocycles. The highest BCUT2D eigenvalue weighted by Gasteiger charge is 2.29. The van der Waals surface area contributed by atoms with Crippen LogP contribution in [0.1, 0.15) is 44.1 Å². The average Bonchev–Trinajstić information content (AvgIpc) is 2.77. The summed E-state index contributed by atoms with van der Waals surface area (Å²) in [5.74, 6) is -0.199. The fraction of sp³-hybridized carbons (Fsp3) is 0.692. The van der Waals surface area contributed by atoms with Crippen LogP contribution in [0.5, 0.6) is 0 Å². The van der Waals surface area contributed by atoms with Crippen LogP contribution >= 0.6 is 11.3 Å². The highest BCUT2D eigenvalue weighted by Crippen LogP contribution is 2.36. The van der Waals surface area contributed by atoms with Gasteiger partial charge in [-0.1, -0.05) is 20.8 Å². The van der Waals surface area contributed by atoms with Crippen LogP contribution < -0.4 is 4.90 Å². The van der Waals surface area contributed by atoms with Crippen LogP contribution in [0.4, 0.5) is 5.13 Å². The van der Waals surface area contributed by atoms with Gasteiger partial charge in [0.15, 0.2) is 10.8 Å². The van der Waals surface area contributed by atoms with Crippen LogP contribution in [0, 0.1) is 11.3 Å². The first-order chi connectivity index (χ1) is 8.38. The van der Waals surface area contributed by atoms with E-state index < -0.39 is 5.97 Å². The van der Waals surface area contributed by atoms with Gasteiger partial charge in [0.1, 0.15) is 0 Å². The third-order valence-electron chi connectivity index (χ3n) is 3.70. The molecule has 2 heterocycles. The van der Waals surface area contributed by atoms with Gasteiger partial charge in [-0.2, -0.15) is 0 Å². The fourth-order valence-electron chi connectivity index (χ4n) is 2.44. The number of rotatable bonds is 2. The van der Waals surface area contributed by atoms with E-state index in [-0.39, 0.29) is 5.69 Å². The van der Waals surface area contributed by atoms with Gasteiger partial charge in [-0.3, -0.25) is 0 Å². The summed E-state index contributed by atoms with van der Waals surface area (Å²) in [5, 5.41) is 11.3. The molecule has 1 aromatic heterocycles. The minimum atomic E-state index is -0.943. The maximum atomic E-state index is 10.8. The summed E-state index contributed by atoms with van der Waals surface area (Å²) in [6, 6.07) is 0. The topological polar surface area (TPSA) is 53.4 Å². The maximum Gasteiger partial charge on any atom is 0.355 e. The monoisotopic (exact) mass is 268 g/mol. The summed E-state index contributed by atoms with van der Waals surface area (Å²) in [7, 11) is 0. The lowest BCUT2D eigenvalue weighted by Crippen LogP contribution is -2.38. The van der Waals surface area contributed by atoms with Gasteiger partial charge < -0.3 is 10.0 Å². The molecule has 0 aliphatic carbocycles. The Bertz CT molecular complexity index is 428. The number of thiazole rings is 1. The Labute approximate surface area is 112 Å². The third-order valence-corrected chi connectivity index (χ3v) is 4.60. The predicted molar refractivity (Wildman–Crippen MR) is 73.5 cm³/mol. The van der Waals surface area contributed by atoms with E-state index in [4.69, 9.17) is 5.11 Å². The number of piperidine rings is 1. The molecule has 1 aromatic rings. The second-order valence-corrected chi connectivity index (χ2v) is 6.78. The summed E-state index contributed by atoms with van der Waals surface area (Å²) >= 11 is 1.43. The number of carboxylic acid groups (broad SMARTS) is 1. The van der Waals surface area contributed by atoms with Crippen molar-refractivity contribution < 1.29 is 9.90 Å². The van der Waals surface area contributed by atoms with Gasteiger partial charge in [0.2, 0.25) is 0 Å². The molecular weight excluding hydrogens is 248 g/mol. The Hall–Kier alpha value is -1.10. The normalized spacial score (nSPS) is 18.1. The Morgan fingerprint density at radius 2 is 2.06 bits per heavy atom. The Morgan fingerprint density at radius 1 is 1.44 bits per heavy atom. The second-order valence-electron chi connectivity index (χ2n) is 5.95. The molecule has 4 nitrogen and oxygen atoms in total. The summed E-state index contributed by atoms with van der Waals surface area (Å²) in [6.07, 6.45) is 2.32. The van der Waals surface area contributed by atoms with E-state index in [1.807, 2.05) is 0 Å². The van der Waals surface area contributed by atoms with Gasteiger partial charge in [0, 0.05) is 18.5 Å². The molecule has 100 valence electrons. The van der Waals surface area contributed by atoms with Gasteiger partial charge in [-0.25, -0.2) is 9.78 Å². The number of carbonyl (C=O) groups is 1. The standard InChI is InChI=1S/C13H20N2O2S/c1-13(2,3)9-4-6-15(7-5-9)12-14-10(8-18-12)11(16)17/h8-9H,4-7H2,1-3H3,(H,16,17). The van der Waals surface area contributed by atoms with Crippen molar-refractivity contribution in [2.75, 3.05) is 18.0 Å². The number of hydrogen-bond acceptors (Lipinski definition) is 4. The van der Waals surface area contributed by atoms with Crippen LogP contribution in [-0.2, 0) is 0 Å². The van der Waals surface area contributed by atoms with Gasteiger partial charge in [0.25, 0.3) is 0 Å². The van der Waals surface area contributed by atoms with E-state index in [2.05, 4.69) is 30.7 Å². The zero-order chi connectivity index (χ0) is 13.3. The summed E-state index contributed by atoms with van der Waals surface area (Å²) in [6.45, 7) is 8.83. The molecule has 0 spiro atoms. The molecule has 1 aliphatic heterocycles. The molecule has 0 saturated carbocycles. The van der Waals surface area contributed by atoms with Crippen molar-refractivity contribution in [3.05, 3.63) is 11.1 Å². The molecule has 1 N–H and O–H groups in total. The number of nitrogens with zero attached hydrogens (tertiary/aromatic N) is 2. The minimum Gasteiger partial charge on any atom is -0.476 e. The van der Waals surface area contributed by atoms with E-state index in [1.54, 1.807) is 5.38 Å². The van der Waals surface area contributed by atoms with Crippen LogP contribution in [0.25, 0.3) is 0 Å². The molecule has 0 amide bonds. The van der Waals surface area contributed by atoms with Crippen molar-refractivity contribution in [3.8, 4) is 0 Å². The second kappa shape index (κ2) is 4.88. The lowest BCUT2D eigenvalue weighted by molar-refractivity contribution is 0.0691. The largest absolute Gasteiger partial charge is 0.476 e. The summed E-state index contributed by atoms with van der Waals surface area (Å²) in [5.41, 5.74) is 0.522. The first kappa shape index (κ1) is 13.3. The molecule has 1 fully saturated rings. The smallest absolute Gasteiger partial charge is 0.355 e. The van der Waals surface area contributed by atoms with E-state index in [9.17, 15) is 4.79 Å². The zero-order valence-electron chi connectivity index (χ0n) is 11.1. The molecule has 1 aliphatic rings. The predicted octanol–water partition coefficient (Wildman–Crippen LogP) is 3.10. The minimum absolute atomic E-state index is 0.160. The van der Waals surface area contributed by atoms with Gasteiger partial charge in [-0.15, -0.1) is 11.3 Å². The first-order valence-corrected chi connectivity index (χ1v) is 7.19. The van der Waals surface area contributed by atoms with Gasteiger partial charge >= 0.3 is 5.97 Å². The molecule has 0 atom stereocenters. The number of carboxylic acids is 1. The SMILES string of the molecule is CC(C)(C)C1CCN(c2nc(C(=O)O)cs2)CC1. The fourth-order valence-corrected chi connectivity index (χ4v) is 3.30. The third kappa shape index (κ3) is 2.83. The number of anilines is 1. The number of aromatic nitrogens is 1. The molecule has 0 bridgehead atoms. The first-order valence-electron chi connectivity index (χ1n) is 6.31. The lowest BCUT2D eigenvalue weighted by Gasteiger charge is -2.38. The van der Waals surface area contributed by atoms with Crippen molar-refractivity contribution in [1.29, 1.82) is 0 Å². The Kier molecular flexibility index (Phi) is 3.61. The van der Waals surface area contributed by atoms with E-state index in [0.717, 1.165) is 37.0 Å². The van der Waals surface area contributed by atoms with Crippen LogP contribution in [0.15, 0.2) is 5.38 Å². The molecule has 0 unspecified atom stereocenters. The molecule has 5 heteroatoms.